The van der Waals surface area contributed by atoms with Gasteiger partial charge in [0.05, 0.1) is 20.8 Å². The van der Waals surface area contributed by atoms with Crippen molar-refractivity contribution < 1.29 is 28.5 Å². The van der Waals surface area contributed by atoms with E-state index in [2.05, 4.69) is 31.3 Å². The Hall–Kier alpha value is -4.30. The van der Waals surface area contributed by atoms with Gasteiger partial charge in [-0.2, -0.15) is 0 Å². The lowest BCUT2D eigenvalue weighted by Crippen LogP contribution is -2.21. The number of anilines is 1. The topological polar surface area (TPSA) is 83.1 Å². The van der Waals surface area contributed by atoms with E-state index in [4.69, 9.17) is 18.9 Å². The van der Waals surface area contributed by atoms with Gasteiger partial charge in [0.25, 0.3) is 5.91 Å². The zero-order valence-electron chi connectivity index (χ0n) is 23.3. The van der Waals surface area contributed by atoms with Gasteiger partial charge in [-0.25, -0.2) is 4.79 Å². The van der Waals surface area contributed by atoms with Crippen LogP contribution in [0.3, 0.4) is 0 Å². The van der Waals surface area contributed by atoms with Gasteiger partial charge >= 0.3 is 5.97 Å². The summed E-state index contributed by atoms with van der Waals surface area (Å²) in [7, 11) is 3.10. The molecule has 0 fully saturated rings. The van der Waals surface area contributed by atoms with E-state index < -0.39 is 5.97 Å². The first-order valence-corrected chi connectivity index (χ1v) is 13.8. The minimum atomic E-state index is -0.527. The van der Waals surface area contributed by atoms with E-state index in [9.17, 15) is 9.59 Å². The van der Waals surface area contributed by atoms with Crippen LogP contribution in [0.25, 0.3) is 11.1 Å². The molecule has 0 spiro atoms. The largest absolute Gasteiger partial charge is 0.493 e. The van der Waals surface area contributed by atoms with Gasteiger partial charge in [-0.3, -0.25) is 4.79 Å². The number of rotatable bonds is 11. The zero-order chi connectivity index (χ0) is 28.7. The number of ether oxygens (including phenoxy) is 4. The van der Waals surface area contributed by atoms with E-state index in [1.807, 2.05) is 48.5 Å². The van der Waals surface area contributed by atoms with Gasteiger partial charge < -0.3 is 24.3 Å². The second-order valence-electron chi connectivity index (χ2n) is 9.50. The van der Waals surface area contributed by atoms with Gasteiger partial charge in [0.15, 0.2) is 18.1 Å². The molecule has 40 heavy (non-hydrogen) atoms. The van der Waals surface area contributed by atoms with Crippen molar-refractivity contribution in [2.45, 2.75) is 26.2 Å². The van der Waals surface area contributed by atoms with Crippen LogP contribution in [0, 0.1) is 0 Å². The van der Waals surface area contributed by atoms with E-state index in [0.29, 0.717) is 27.8 Å². The number of hydrogen-bond acceptors (Lipinski definition) is 7. The molecule has 0 aliphatic carbocycles. The fourth-order valence-corrected chi connectivity index (χ4v) is 5.35. The highest BCUT2D eigenvalue weighted by Crippen LogP contribution is 2.40. The summed E-state index contributed by atoms with van der Waals surface area (Å²) in [5.41, 5.74) is 3.80. The molecule has 3 aromatic carbocycles. The van der Waals surface area contributed by atoms with Gasteiger partial charge in [-0.1, -0.05) is 62.4 Å². The van der Waals surface area contributed by atoms with E-state index in [0.717, 1.165) is 11.1 Å². The molecule has 0 aliphatic rings. The lowest BCUT2D eigenvalue weighted by molar-refractivity contribution is -0.118. The molecule has 1 heterocycles. The van der Waals surface area contributed by atoms with Crippen molar-refractivity contribution in [1.82, 2.24) is 0 Å². The molecule has 7 nitrogen and oxygen atoms in total. The second-order valence-corrected chi connectivity index (χ2v) is 10.4. The van der Waals surface area contributed by atoms with Crippen LogP contribution in [0.15, 0.2) is 78.2 Å². The molecule has 4 aromatic rings. The first kappa shape index (κ1) is 28.7. The van der Waals surface area contributed by atoms with Gasteiger partial charge in [-0.05, 0) is 47.9 Å². The number of esters is 1. The van der Waals surface area contributed by atoms with Gasteiger partial charge in [0, 0.05) is 16.4 Å². The monoisotopic (exact) mass is 559 g/mol. The Labute approximate surface area is 238 Å². The first-order chi connectivity index (χ1) is 19.3. The zero-order valence-corrected chi connectivity index (χ0v) is 24.1. The normalized spacial score (nSPS) is 11.0. The molecule has 0 atom stereocenters. The van der Waals surface area contributed by atoms with Crippen LogP contribution in [0.4, 0.5) is 5.00 Å². The summed E-state index contributed by atoms with van der Waals surface area (Å²) in [6.45, 7) is 6.06. The summed E-state index contributed by atoms with van der Waals surface area (Å²) in [5, 5.41) is 5.01. The van der Waals surface area contributed by atoms with E-state index in [-0.39, 0.29) is 30.1 Å². The predicted octanol–water partition coefficient (Wildman–Crippen LogP) is 6.95. The van der Waals surface area contributed by atoms with E-state index in [1.165, 1.54) is 16.9 Å². The summed E-state index contributed by atoms with van der Waals surface area (Å²) >= 11 is 1.24. The molecule has 0 saturated heterocycles. The smallest absolute Gasteiger partial charge is 0.341 e. The van der Waals surface area contributed by atoms with Crippen molar-refractivity contribution in [2.75, 3.05) is 32.8 Å². The highest BCUT2D eigenvalue weighted by molar-refractivity contribution is 7.15. The van der Waals surface area contributed by atoms with Crippen LogP contribution in [0.1, 0.15) is 42.3 Å². The van der Waals surface area contributed by atoms with Crippen molar-refractivity contribution in [2.24, 2.45) is 0 Å². The Balaban J connectivity index is 1.48. The molecule has 4 rings (SSSR count). The third-order valence-corrected chi connectivity index (χ3v) is 7.55. The molecule has 8 heteroatoms. The van der Waals surface area contributed by atoms with Crippen molar-refractivity contribution in [3.8, 4) is 28.4 Å². The standard InChI is InChI=1S/C32H33NO6S/c1-6-38-31(35)29-25(21-12-17-26(36-4)27(18-21)37-5)20-40-30(29)33-28(34)19-39-24-15-13-23(14-16-24)32(2,3)22-10-8-7-9-11-22/h7-18,20H,6,19H2,1-5H3,(H,33,34). The summed E-state index contributed by atoms with van der Waals surface area (Å²) in [5.74, 6) is 0.756. The lowest BCUT2D eigenvalue weighted by atomic mass is 9.78. The number of nitrogens with one attached hydrogen (secondary N) is 1. The molecule has 0 aliphatic heterocycles. The Bertz CT molecular complexity index is 1460. The van der Waals surface area contributed by atoms with Crippen LogP contribution in [-0.2, 0) is 14.9 Å². The van der Waals surface area contributed by atoms with Crippen molar-refractivity contribution >= 4 is 28.2 Å². The summed E-state index contributed by atoms with van der Waals surface area (Å²) < 4.78 is 21.8. The van der Waals surface area contributed by atoms with Crippen LogP contribution in [0.2, 0.25) is 0 Å². The third-order valence-electron chi connectivity index (χ3n) is 6.66. The molecule has 1 amide bonds. The van der Waals surface area contributed by atoms with Gasteiger partial charge in [0.2, 0.25) is 0 Å². The predicted molar refractivity (Wildman–Crippen MR) is 158 cm³/mol. The Morgan fingerprint density at radius 3 is 2.20 bits per heavy atom. The highest BCUT2D eigenvalue weighted by atomic mass is 32.1. The quantitative estimate of drug-likeness (QED) is 0.200. The molecular weight excluding hydrogens is 526 g/mol. The van der Waals surface area contributed by atoms with Crippen molar-refractivity contribution in [1.29, 1.82) is 0 Å². The maximum Gasteiger partial charge on any atom is 0.341 e. The molecule has 0 unspecified atom stereocenters. The average molecular weight is 560 g/mol. The van der Waals surface area contributed by atoms with E-state index >= 15 is 0 Å². The molecule has 208 valence electrons. The molecular formula is C32H33NO6S. The molecule has 1 aromatic heterocycles. The molecule has 0 radical (unpaired) electrons. The number of hydrogen-bond donors (Lipinski definition) is 1. The van der Waals surface area contributed by atoms with Crippen LogP contribution in [-0.4, -0.2) is 39.3 Å². The maximum atomic E-state index is 12.9. The van der Waals surface area contributed by atoms with Crippen molar-refractivity contribution in [3.63, 3.8) is 0 Å². The summed E-state index contributed by atoms with van der Waals surface area (Å²) in [6, 6.07) is 23.4. The second kappa shape index (κ2) is 12.7. The van der Waals surface area contributed by atoms with Crippen LogP contribution in [0.5, 0.6) is 17.2 Å². The molecule has 0 bridgehead atoms. The number of benzene rings is 3. The SMILES string of the molecule is CCOC(=O)c1c(-c2ccc(OC)c(OC)c2)csc1NC(=O)COc1ccc(C(C)(C)c2ccccc2)cc1. The minimum absolute atomic E-state index is 0.175. The number of carbonyl (C=O) groups excluding carboxylic acids is 2. The Morgan fingerprint density at radius 1 is 0.875 bits per heavy atom. The van der Waals surface area contributed by atoms with Gasteiger partial charge in [-0.15, -0.1) is 11.3 Å². The number of carbonyl (C=O) groups is 2. The lowest BCUT2D eigenvalue weighted by Gasteiger charge is -2.26. The third kappa shape index (κ3) is 6.29. The molecule has 1 N–H and O–H groups in total. The first-order valence-electron chi connectivity index (χ1n) is 12.9. The fraction of sp³-hybridized carbons (Fsp3) is 0.250. The Morgan fingerprint density at radius 2 is 1.55 bits per heavy atom. The molecule has 0 saturated carbocycles. The minimum Gasteiger partial charge on any atom is -0.493 e. The summed E-state index contributed by atoms with van der Waals surface area (Å²) in [6.07, 6.45) is 0. The van der Waals surface area contributed by atoms with Crippen molar-refractivity contribution in [3.05, 3.63) is 94.9 Å². The maximum absolute atomic E-state index is 12.9. The van der Waals surface area contributed by atoms with Gasteiger partial charge in [0.1, 0.15) is 16.3 Å². The highest BCUT2D eigenvalue weighted by Gasteiger charge is 2.25. The number of thiophene rings is 1. The Kier molecular flexibility index (Phi) is 9.11. The number of methoxy groups -OCH3 is 2. The average Bonchev–Trinajstić information content (AvgIpc) is 3.40. The summed E-state index contributed by atoms with van der Waals surface area (Å²) in [4.78, 5) is 25.8. The van der Waals surface area contributed by atoms with Crippen LogP contribution < -0.4 is 19.5 Å². The fourth-order valence-electron chi connectivity index (χ4n) is 4.37. The van der Waals surface area contributed by atoms with Crippen LogP contribution >= 0.6 is 11.3 Å². The number of amides is 1. The van der Waals surface area contributed by atoms with E-state index in [1.54, 1.807) is 38.7 Å².